The molecule has 4 rings (SSSR count). The van der Waals surface area contributed by atoms with Crippen molar-refractivity contribution in [3.05, 3.63) is 12.2 Å². The molecule has 5 nitrogen and oxygen atoms in total. The van der Waals surface area contributed by atoms with E-state index in [9.17, 15) is 19.5 Å². The van der Waals surface area contributed by atoms with Gasteiger partial charge in [0.25, 0.3) is 0 Å². The summed E-state index contributed by atoms with van der Waals surface area (Å²) in [7, 11) is 0. The Hall–Kier alpha value is -1.49. The maximum Gasteiger partial charge on any atom is 0.320 e. The van der Waals surface area contributed by atoms with Crippen LogP contribution in [0.25, 0.3) is 0 Å². The second-order valence-electron chi connectivity index (χ2n) is 9.09. The fourth-order valence-electron chi connectivity index (χ4n) is 6.42. The molecule has 3 aliphatic carbocycles. The molecule has 0 amide bonds. The number of hydrogen-bond acceptors (Lipinski definition) is 5. The van der Waals surface area contributed by atoms with Crippen LogP contribution in [0.1, 0.15) is 40.0 Å². The topological polar surface area (TPSA) is 80.7 Å². The number of aliphatic hydroxyl groups is 1. The van der Waals surface area contributed by atoms with Crippen LogP contribution in [0.15, 0.2) is 12.2 Å². The number of aliphatic hydroxyl groups excluding tert-OH is 1. The van der Waals surface area contributed by atoms with E-state index in [1.54, 1.807) is 6.08 Å². The number of esters is 1. The summed E-state index contributed by atoms with van der Waals surface area (Å²) >= 11 is 0. The van der Waals surface area contributed by atoms with Gasteiger partial charge in [-0.1, -0.05) is 26.8 Å². The maximum atomic E-state index is 13.1. The quantitative estimate of drug-likeness (QED) is 0.579. The Kier molecular flexibility index (Phi) is 3.41. The normalized spacial score (nSPS) is 47.8. The van der Waals surface area contributed by atoms with Gasteiger partial charge < -0.3 is 9.84 Å². The van der Waals surface area contributed by atoms with E-state index >= 15 is 0 Å². The van der Waals surface area contributed by atoms with Gasteiger partial charge in [0.1, 0.15) is 12.0 Å². The van der Waals surface area contributed by atoms with Gasteiger partial charge in [-0.3, -0.25) is 14.4 Å². The minimum Gasteiger partial charge on any atom is -0.464 e. The standard InChI is InChI=1S/C20H26O5/c1-11-12-4-5-13-19(8-12,16(11)23)17(24)25-10-20(13)14(9-21)18(2,3)7-6-15(20)22/h6-7,11-14,21H,4-5,8-10H2,1-3H3. The molecular formula is C20H26O5. The SMILES string of the molecule is CC1C(=O)C23CC1CCC2C1(COC3=O)C(=O)C=CC(C)(C)C1CO. The monoisotopic (exact) mass is 346 g/mol. The summed E-state index contributed by atoms with van der Waals surface area (Å²) in [6, 6.07) is 0. The lowest BCUT2D eigenvalue weighted by molar-refractivity contribution is -0.205. The molecule has 3 fully saturated rings. The van der Waals surface area contributed by atoms with Gasteiger partial charge in [0.15, 0.2) is 11.6 Å². The summed E-state index contributed by atoms with van der Waals surface area (Å²) in [6.45, 7) is 5.69. The summed E-state index contributed by atoms with van der Waals surface area (Å²) in [5.74, 6) is -1.31. The lowest BCUT2D eigenvalue weighted by Gasteiger charge is -2.58. The highest BCUT2D eigenvalue weighted by molar-refractivity contribution is 6.09. The van der Waals surface area contributed by atoms with Crippen molar-refractivity contribution in [1.29, 1.82) is 0 Å². The molecule has 1 heterocycles. The molecule has 0 aromatic rings. The molecule has 0 aromatic heterocycles. The average Bonchev–Trinajstić information content (AvgIpc) is 2.77. The van der Waals surface area contributed by atoms with Crippen molar-refractivity contribution in [1.82, 2.24) is 0 Å². The molecular weight excluding hydrogens is 320 g/mol. The number of Topliss-reactive ketones (excluding diaryl/α,β-unsaturated/α-hetero) is 1. The van der Waals surface area contributed by atoms with Crippen molar-refractivity contribution in [2.24, 2.45) is 39.9 Å². The third kappa shape index (κ3) is 1.80. The number of rotatable bonds is 1. The third-order valence-electron chi connectivity index (χ3n) is 7.82. The van der Waals surface area contributed by atoms with Crippen LogP contribution in [0.3, 0.4) is 0 Å². The van der Waals surface area contributed by atoms with Crippen LogP contribution in [-0.2, 0) is 19.1 Å². The van der Waals surface area contributed by atoms with E-state index < -0.39 is 22.2 Å². The van der Waals surface area contributed by atoms with Gasteiger partial charge in [0, 0.05) is 18.4 Å². The molecule has 1 N–H and O–H groups in total. The van der Waals surface area contributed by atoms with Crippen LogP contribution >= 0.6 is 0 Å². The lowest BCUT2D eigenvalue weighted by Crippen LogP contribution is -2.66. The molecule has 6 atom stereocenters. The van der Waals surface area contributed by atoms with Crippen molar-refractivity contribution in [2.75, 3.05) is 13.2 Å². The highest BCUT2D eigenvalue weighted by Gasteiger charge is 2.73. The first kappa shape index (κ1) is 17.0. The Morgan fingerprint density at radius 1 is 1.24 bits per heavy atom. The average molecular weight is 346 g/mol. The van der Waals surface area contributed by atoms with Crippen molar-refractivity contribution in [2.45, 2.75) is 40.0 Å². The lowest BCUT2D eigenvalue weighted by atomic mass is 9.46. The van der Waals surface area contributed by atoms with E-state index in [0.29, 0.717) is 12.8 Å². The van der Waals surface area contributed by atoms with Crippen LogP contribution in [0, 0.1) is 39.9 Å². The molecule has 6 unspecified atom stereocenters. The van der Waals surface area contributed by atoms with Gasteiger partial charge in [-0.15, -0.1) is 0 Å². The zero-order valence-corrected chi connectivity index (χ0v) is 15.1. The first-order valence-electron chi connectivity index (χ1n) is 9.28. The molecule has 5 heteroatoms. The van der Waals surface area contributed by atoms with E-state index in [2.05, 4.69) is 0 Å². The predicted octanol–water partition coefficient (Wildman–Crippen LogP) is 1.92. The number of cyclic esters (lactones) is 1. The Labute approximate surface area is 147 Å². The number of ketones is 2. The van der Waals surface area contributed by atoms with Gasteiger partial charge >= 0.3 is 5.97 Å². The van der Waals surface area contributed by atoms with E-state index in [-0.39, 0.29) is 48.5 Å². The summed E-state index contributed by atoms with van der Waals surface area (Å²) in [5.41, 5.74) is -2.59. The Morgan fingerprint density at radius 2 is 1.96 bits per heavy atom. The van der Waals surface area contributed by atoms with Crippen LogP contribution in [0.4, 0.5) is 0 Å². The first-order valence-corrected chi connectivity index (χ1v) is 9.28. The second-order valence-corrected chi connectivity index (χ2v) is 9.09. The minimum absolute atomic E-state index is 0.0254. The van der Waals surface area contributed by atoms with Crippen LogP contribution in [0.5, 0.6) is 0 Å². The van der Waals surface area contributed by atoms with Crippen molar-refractivity contribution in [3.8, 4) is 0 Å². The fraction of sp³-hybridized carbons (Fsp3) is 0.750. The zero-order valence-electron chi connectivity index (χ0n) is 15.1. The minimum atomic E-state index is -1.19. The van der Waals surface area contributed by atoms with E-state index in [4.69, 9.17) is 4.74 Å². The summed E-state index contributed by atoms with van der Waals surface area (Å²) < 4.78 is 5.55. The van der Waals surface area contributed by atoms with Gasteiger partial charge in [0.05, 0.1) is 5.41 Å². The van der Waals surface area contributed by atoms with Gasteiger partial charge in [0.2, 0.25) is 0 Å². The van der Waals surface area contributed by atoms with Crippen LogP contribution in [-0.4, -0.2) is 35.9 Å². The maximum absolute atomic E-state index is 13.1. The van der Waals surface area contributed by atoms with Gasteiger partial charge in [-0.05, 0) is 42.6 Å². The van der Waals surface area contributed by atoms with E-state index in [1.807, 2.05) is 26.8 Å². The second kappa shape index (κ2) is 5.03. The van der Waals surface area contributed by atoms with Crippen LogP contribution < -0.4 is 0 Å². The number of hydrogen-bond donors (Lipinski definition) is 1. The Morgan fingerprint density at radius 3 is 2.64 bits per heavy atom. The van der Waals surface area contributed by atoms with Gasteiger partial charge in [-0.2, -0.15) is 0 Å². The third-order valence-corrected chi connectivity index (χ3v) is 7.82. The summed E-state index contributed by atoms with van der Waals surface area (Å²) in [6.07, 6.45) is 5.43. The molecule has 1 aliphatic heterocycles. The fourth-order valence-corrected chi connectivity index (χ4v) is 6.42. The Bertz CT molecular complexity index is 692. The predicted molar refractivity (Wildman–Crippen MR) is 89.3 cm³/mol. The number of allylic oxidation sites excluding steroid dienone is 2. The molecule has 0 radical (unpaired) electrons. The molecule has 4 aliphatic rings. The number of fused-ring (bicyclic) bond motifs is 2. The molecule has 0 aromatic carbocycles. The molecule has 2 spiro atoms. The van der Waals surface area contributed by atoms with Crippen molar-refractivity contribution < 1.29 is 24.2 Å². The van der Waals surface area contributed by atoms with Crippen molar-refractivity contribution >= 4 is 17.5 Å². The van der Waals surface area contributed by atoms with Crippen molar-refractivity contribution in [3.63, 3.8) is 0 Å². The summed E-state index contributed by atoms with van der Waals surface area (Å²) in [4.78, 5) is 39.1. The number of carbonyl (C=O) groups excluding carboxylic acids is 3. The van der Waals surface area contributed by atoms with Gasteiger partial charge in [-0.25, -0.2) is 0 Å². The summed E-state index contributed by atoms with van der Waals surface area (Å²) in [5, 5.41) is 10.2. The highest BCUT2D eigenvalue weighted by Crippen LogP contribution is 2.66. The number of carbonyl (C=O) groups is 3. The highest BCUT2D eigenvalue weighted by atomic mass is 16.5. The largest absolute Gasteiger partial charge is 0.464 e. The first-order chi connectivity index (χ1) is 11.7. The molecule has 1 saturated heterocycles. The molecule has 2 saturated carbocycles. The smallest absolute Gasteiger partial charge is 0.320 e. The van der Waals surface area contributed by atoms with Crippen LogP contribution in [0.2, 0.25) is 0 Å². The molecule has 136 valence electrons. The molecule has 25 heavy (non-hydrogen) atoms. The molecule has 2 bridgehead atoms. The van der Waals surface area contributed by atoms with E-state index in [0.717, 1.165) is 6.42 Å². The number of ether oxygens (including phenoxy) is 1. The van der Waals surface area contributed by atoms with E-state index in [1.165, 1.54) is 0 Å². The zero-order chi connectivity index (χ0) is 18.2. The Balaban J connectivity index is 1.92.